The minimum atomic E-state index is -0.345. The molecule has 11 aromatic rings. The van der Waals surface area contributed by atoms with Crippen LogP contribution in [0.15, 0.2) is 206 Å². The zero-order chi connectivity index (χ0) is 61.8. The Morgan fingerprint density at radius 1 is 0.250 bits per heavy atom. The van der Waals surface area contributed by atoms with E-state index in [-0.39, 0.29) is 51.9 Å². The van der Waals surface area contributed by atoms with Gasteiger partial charge >= 0.3 is 0 Å². The van der Waals surface area contributed by atoms with Crippen molar-refractivity contribution in [3.05, 3.63) is 318 Å². The van der Waals surface area contributed by atoms with Gasteiger partial charge in [-0.2, -0.15) is 0 Å². The van der Waals surface area contributed by atoms with Gasteiger partial charge in [-0.1, -0.05) is 126 Å². The highest BCUT2D eigenvalue weighted by Crippen LogP contribution is 2.43. The number of aryl methyl sites for hydroxylation is 5. The lowest BCUT2D eigenvalue weighted by Crippen LogP contribution is -2.05. The van der Waals surface area contributed by atoms with E-state index in [1.807, 2.05) is 156 Å². The van der Waals surface area contributed by atoms with Gasteiger partial charge in [0.25, 0.3) is 0 Å². The number of rotatable bonds is 19. The second-order valence-corrected chi connectivity index (χ2v) is 23.5. The van der Waals surface area contributed by atoms with Crippen LogP contribution in [0.4, 0.5) is 0 Å². The summed E-state index contributed by atoms with van der Waals surface area (Å²) in [5.74, 6) is 3.00. The van der Waals surface area contributed by atoms with Crippen molar-refractivity contribution in [3.8, 4) is 69.0 Å². The molecule has 0 amide bonds. The van der Waals surface area contributed by atoms with Gasteiger partial charge in [-0.25, -0.2) is 0 Å². The normalized spacial score (nSPS) is 11.3. The molecule has 10 heteroatoms. The Hall–Kier alpha value is -10.6. The predicted molar refractivity (Wildman–Crippen MR) is 346 cm³/mol. The first-order valence-electron chi connectivity index (χ1n) is 29.4. The summed E-state index contributed by atoms with van der Waals surface area (Å²) in [6.45, 7) is 9.86. The van der Waals surface area contributed by atoms with E-state index < -0.39 is 0 Å². The number of benzene rings is 11. The molecular weight excluding hydrogens is 1100 g/mol. The molecular formula is C78H70O10. The van der Waals surface area contributed by atoms with Gasteiger partial charge in [-0.15, -0.1) is 0 Å². The molecule has 11 aromatic carbocycles. The Bertz CT molecular complexity index is 4070. The van der Waals surface area contributed by atoms with E-state index >= 15 is 0 Å². The zero-order valence-electron chi connectivity index (χ0n) is 49.8. The molecule has 0 spiro atoms. The van der Waals surface area contributed by atoms with Crippen LogP contribution in [0.5, 0.6) is 69.0 Å². The van der Waals surface area contributed by atoms with Crippen molar-refractivity contribution >= 4 is 0 Å². The molecule has 10 nitrogen and oxygen atoms in total. The molecule has 0 bridgehead atoms. The monoisotopic (exact) mass is 1170 g/mol. The Morgan fingerprint density at radius 3 is 1.01 bits per heavy atom. The van der Waals surface area contributed by atoms with Crippen LogP contribution in [0.25, 0.3) is 0 Å². The minimum absolute atomic E-state index is 0.116. The second-order valence-electron chi connectivity index (χ2n) is 23.5. The van der Waals surface area contributed by atoms with Gasteiger partial charge in [0.15, 0.2) is 0 Å². The lowest BCUT2D eigenvalue weighted by molar-refractivity contribution is 0.455. The van der Waals surface area contributed by atoms with Crippen molar-refractivity contribution in [2.24, 2.45) is 0 Å². The van der Waals surface area contributed by atoms with Gasteiger partial charge in [0, 0.05) is 55.6 Å². The summed E-state index contributed by atoms with van der Waals surface area (Å²) in [5.41, 5.74) is 17.0. The number of hydrogen-bond donors (Lipinski definition) is 8. The van der Waals surface area contributed by atoms with Gasteiger partial charge in [0.1, 0.15) is 69.0 Å². The molecule has 442 valence electrons. The van der Waals surface area contributed by atoms with Gasteiger partial charge in [-0.05, 0) is 215 Å². The fraction of sp³-hybridized carbons (Fsp3) is 0.154. The van der Waals surface area contributed by atoms with E-state index in [2.05, 4.69) is 12.1 Å². The van der Waals surface area contributed by atoms with E-state index in [0.29, 0.717) is 83.8 Å². The van der Waals surface area contributed by atoms with E-state index in [4.69, 9.17) is 9.47 Å². The van der Waals surface area contributed by atoms with Crippen molar-refractivity contribution in [3.63, 3.8) is 0 Å². The summed E-state index contributed by atoms with van der Waals surface area (Å²) >= 11 is 0. The topological polar surface area (TPSA) is 180 Å². The van der Waals surface area contributed by atoms with Crippen molar-refractivity contribution in [1.29, 1.82) is 0 Å². The first-order valence-corrected chi connectivity index (χ1v) is 29.4. The summed E-state index contributed by atoms with van der Waals surface area (Å²) < 4.78 is 14.6. The first-order chi connectivity index (χ1) is 42.3. The largest absolute Gasteiger partial charge is 0.508 e. The molecule has 0 heterocycles. The lowest BCUT2D eigenvalue weighted by Gasteiger charge is -2.22. The molecule has 0 atom stereocenters. The van der Waals surface area contributed by atoms with Crippen molar-refractivity contribution in [1.82, 2.24) is 0 Å². The van der Waals surface area contributed by atoms with Crippen LogP contribution in [0.3, 0.4) is 0 Å². The summed E-state index contributed by atoms with van der Waals surface area (Å²) in [7, 11) is 0. The molecule has 0 aliphatic rings. The molecule has 0 saturated carbocycles. The minimum Gasteiger partial charge on any atom is -0.508 e. The highest BCUT2D eigenvalue weighted by molar-refractivity contribution is 5.58. The highest BCUT2D eigenvalue weighted by Gasteiger charge is 2.24. The molecule has 0 unspecified atom stereocenters. The van der Waals surface area contributed by atoms with Crippen LogP contribution in [-0.4, -0.2) is 40.9 Å². The predicted octanol–water partition coefficient (Wildman–Crippen LogP) is 17.2. The Morgan fingerprint density at radius 2 is 0.591 bits per heavy atom. The quantitative estimate of drug-likeness (QED) is 0.0363. The van der Waals surface area contributed by atoms with E-state index in [1.165, 1.54) is 0 Å². The molecule has 11 rings (SSSR count). The molecule has 88 heavy (non-hydrogen) atoms. The summed E-state index contributed by atoms with van der Waals surface area (Å²) in [6, 6.07) is 63.3. The van der Waals surface area contributed by atoms with Crippen LogP contribution < -0.4 is 9.47 Å². The number of phenolic OH excluding ortho intramolecular Hbond substituents is 8. The average Bonchev–Trinajstić information content (AvgIpc) is 1.04. The second kappa shape index (κ2) is 25.6. The molecule has 8 N–H and O–H groups in total. The third kappa shape index (κ3) is 14.2. The number of aromatic hydroxyl groups is 8. The average molecular weight is 1170 g/mol. The molecule has 0 radical (unpaired) electrons. The van der Waals surface area contributed by atoms with Crippen LogP contribution in [0.2, 0.25) is 0 Å². The smallest absolute Gasteiger partial charge is 0.134 e. The zero-order valence-corrected chi connectivity index (χ0v) is 49.8. The van der Waals surface area contributed by atoms with Gasteiger partial charge < -0.3 is 50.3 Å². The Labute approximate surface area is 513 Å². The summed E-state index contributed by atoms with van der Waals surface area (Å²) in [4.78, 5) is 0. The van der Waals surface area contributed by atoms with E-state index in [1.54, 1.807) is 72.8 Å². The summed E-state index contributed by atoms with van der Waals surface area (Å²) in [6.07, 6.45) is 2.17. The molecule has 0 aromatic heterocycles. The van der Waals surface area contributed by atoms with E-state index in [9.17, 15) is 40.9 Å². The standard InChI is InChI=1S/C78H70O10/c1-46-6-22-72(83)56(26-46)40-58-36-53(12-24-74(58)85)38-62-30-48(3)31-63(39-54-13-25-75(86)59(37-54)41-57-27-47(2)7-23-73(57)84)77(62)88-71-44-64(34-51-8-16-66(79)17-9-51)78(65(45-71)35-52-10-18-67(80)19-11-52)87-70-20-14-55(15-21-70)76(60-28-49(4)32-68(81)42-60)61-29-50(5)33-69(82)43-61/h6-33,36-37,42-45,76,79-86H,34-35,38-41H2,1-5H3. The van der Waals surface area contributed by atoms with E-state index in [0.717, 1.165) is 89.0 Å². The number of hydrogen-bond acceptors (Lipinski definition) is 10. The van der Waals surface area contributed by atoms with Gasteiger partial charge in [0.2, 0.25) is 0 Å². The molecule has 0 aliphatic carbocycles. The fourth-order valence-corrected chi connectivity index (χ4v) is 12.0. The molecule has 0 aliphatic heterocycles. The van der Waals surface area contributed by atoms with Gasteiger partial charge in [-0.3, -0.25) is 0 Å². The van der Waals surface area contributed by atoms with Crippen LogP contribution in [0.1, 0.15) is 117 Å². The van der Waals surface area contributed by atoms with Crippen LogP contribution in [0, 0.1) is 34.6 Å². The third-order valence-electron chi connectivity index (χ3n) is 16.1. The van der Waals surface area contributed by atoms with Crippen LogP contribution >= 0.6 is 0 Å². The van der Waals surface area contributed by atoms with Crippen molar-refractivity contribution in [2.45, 2.75) is 79.1 Å². The highest BCUT2D eigenvalue weighted by atomic mass is 16.5. The van der Waals surface area contributed by atoms with Crippen molar-refractivity contribution in [2.75, 3.05) is 0 Å². The van der Waals surface area contributed by atoms with Crippen LogP contribution in [-0.2, 0) is 38.5 Å². The lowest BCUT2D eigenvalue weighted by atomic mass is 9.84. The maximum absolute atomic E-state index is 11.3. The molecule has 0 fully saturated rings. The number of phenols is 8. The third-order valence-corrected chi connectivity index (χ3v) is 16.1. The SMILES string of the molecule is Cc1cc(O)cc(C(c2ccc(Oc3c(Cc4ccc(O)cc4)cc(Oc4c(Cc5ccc(O)c(Cc6cc(C)ccc6O)c5)cc(C)cc4Cc4ccc(O)c(Cc5cc(C)ccc5O)c4)cc3Cc3ccc(O)cc3)cc2)c2cc(C)cc(O)c2)c1. The first kappa shape index (κ1) is 59.2. The number of ether oxygens (including phenoxy) is 2. The Kier molecular flexibility index (Phi) is 17.2. The van der Waals surface area contributed by atoms with Gasteiger partial charge in [0.05, 0.1) is 0 Å². The fourth-order valence-electron chi connectivity index (χ4n) is 12.0. The molecule has 0 saturated heterocycles. The maximum atomic E-state index is 11.3. The summed E-state index contributed by atoms with van der Waals surface area (Å²) in [5, 5.41) is 86.8. The van der Waals surface area contributed by atoms with Crippen molar-refractivity contribution < 1.29 is 50.3 Å². The Balaban J connectivity index is 1.04. The maximum Gasteiger partial charge on any atom is 0.134 e.